The summed E-state index contributed by atoms with van der Waals surface area (Å²) in [6, 6.07) is 0.0442. The largest absolute Gasteiger partial charge is 0.444 e. The van der Waals surface area contributed by atoms with Gasteiger partial charge in [-0.25, -0.2) is 4.79 Å². The molecule has 0 aromatic heterocycles. The van der Waals surface area contributed by atoms with Crippen LogP contribution in [0.3, 0.4) is 0 Å². The second kappa shape index (κ2) is 8.31. The van der Waals surface area contributed by atoms with Crippen molar-refractivity contribution in [1.29, 1.82) is 0 Å². The Balaban J connectivity index is 3.57. The number of amides is 1. The maximum atomic E-state index is 11.4. The lowest BCUT2D eigenvalue weighted by atomic mass is 10.2. The van der Waals surface area contributed by atoms with Crippen molar-refractivity contribution in [1.82, 2.24) is 5.32 Å². The molecule has 0 spiro atoms. The second-order valence-corrected chi connectivity index (χ2v) is 5.09. The Morgan fingerprint density at radius 3 is 2.53 bits per heavy atom. The van der Waals surface area contributed by atoms with Gasteiger partial charge in [0.2, 0.25) is 0 Å². The molecule has 0 aliphatic rings. The number of carbonyl (C=O) groups is 1. The Bertz CT molecular complexity index is 214. The third kappa shape index (κ3) is 11.5. The molecule has 1 atom stereocenters. The number of nitrogens with two attached hydrogens (primary N) is 1. The lowest BCUT2D eigenvalue weighted by Crippen LogP contribution is -2.38. The zero-order chi connectivity index (χ0) is 13.3. The lowest BCUT2D eigenvalue weighted by molar-refractivity contribution is 0.0493. The molecule has 102 valence electrons. The van der Waals surface area contributed by atoms with Crippen molar-refractivity contribution in [3.05, 3.63) is 0 Å². The molecule has 0 unspecified atom stereocenters. The van der Waals surface area contributed by atoms with Crippen molar-refractivity contribution < 1.29 is 14.3 Å². The van der Waals surface area contributed by atoms with Gasteiger partial charge in [0.05, 0.1) is 0 Å². The zero-order valence-corrected chi connectivity index (χ0v) is 11.4. The fourth-order valence-corrected chi connectivity index (χ4v) is 1.13. The molecule has 0 rings (SSSR count). The predicted molar refractivity (Wildman–Crippen MR) is 67.9 cm³/mol. The van der Waals surface area contributed by atoms with Gasteiger partial charge in [-0.1, -0.05) is 0 Å². The van der Waals surface area contributed by atoms with Crippen molar-refractivity contribution in [2.75, 3.05) is 19.8 Å². The Morgan fingerprint density at radius 1 is 1.35 bits per heavy atom. The average molecular weight is 246 g/mol. The summed E-state index contributed by atoms with van der Waals surface area (Å²) in [5.41, 5.74) is 4.88. The van der Waals surface area contributed by atoms with E-state index in [4.69, 9.17) is 15.2 Å². The zero-order valence-electron chi connectivity index (χ0n) is 11.4. The van der Waals surface area contributed by atoms with Crippen LogP contribution in [0.1, 0.15) is 40.5 Å². The molecule has 0 bridgehead atoms. The maximum Gasteiger partial charge on any atom is 0.407 e. The monoisotopic (exact) mass is 246 g/mol. The second-order valence-electron chi connectivity index (χ2n) is 5.09. The van der Waals surface area contributed by atoms with E-state index in [1.165, 1.54) is 0 Å². The summed E-state index contributed by atoms with van der Waals surface area (Å²) in [5.74, 6) is 0. The quantitative estimate of drug-likeness (QED) is 0.670. The molecule has 3 N–H and O–H groups in total. The molecule has 5 heteroatoms. The smallest absolute Gasteiger partial charge is 0.407 e. The molecule has 0 aliphatic carbocycles. The van der Waals surface area contributed by atoms with Gasteiger partial charge in [0.25, 0.3) is 0 Å². The van der Waals surface area contributed by atoms with E-state index in [0.717, 1.165) is 12.8 Å². The summed E-state index contributed by atoms with van der Waals surface area (Å²) in [5, 5.41) is 2.76. The van der Waals surface area contributed by atoms with Crippen LogP contribution in [0, 0.1) is 0 Å². The van der Waals surface area contributed by atoms with Crippen molar-refractivity contribution in [2.24, 2.45) is 5.73 Å². The first-order chi connectivity index (χ1) is 7.85. The van der Waals surface area contributed by atoms with Crippen LogP contribution in [-0.2, 0) is 9.47 Å². The van der Waals surface area contributed by atoms with Gasteiger partial charge >= 0.3 is 6.09 Å². The summed E-state index contributed by atoms with van der Waals surface area (Å²) in [6.07, 6.45) is 1.25. The van der Waals surface area contributed by atoms with Gasteiger partial charge in [-0.15, -0.1) is 0 Å². The summed E-state index contributed by atoms with van der Waals surface area (Å²) in [4.78, 5) is 11.4. The maximum absolute atomic E-state index is 11.4. The molecule has 17 heavy (non-hydrogen) atoms. The molecule has 5 nitrogen and oxygen atoms in total. The van der Waals surface area contributed by atoms with E-state index in [1.807, 2.05) is 27.7 Å². The minimum Gasteiger partial charge on any atom is -0.444 e. The third-order valence-electron chi connectivity index (χ3n) is 1.95. The number of carbonyl (C=O) groups excluding carboxylic acids is 1. The molecule has 0 radical (unpaired) electrons. The van der Waals surface area contributed by atoms with Crippen molar-refractivity contribution >= 4 is 6.09 Å². The Labute approximate surface area is 104 Å². The number of alkyl carbamates (subject to hydrolysis) is 1. The third-order valence-corrected chi connectivity index (χ3v) is 1.95. The molecule has 1 amide bonds. The summed E-state index contributed by atoms with van der Waals surface area (Å²) in [6.45, 7) is 9.39. The summed E-state index contributed by atoms with van der Waals surface area (Å²) in [7, 11) is 0. The van der Waals surface area contributed by atoms with Crippen LogP contribution in [0.25, 0.3) is 0 Å². The molecular weight excluding hydrogens is 220 g/mol. The summed E-state index contributed by atoms with van der Waals surface area (Å²) >= 11 is 0. The van der Waals surface area contributed by atoms with Gasteiger partial charge in [-0.05, 0) is 47.1 Å². The first-order valence-electron chi connectivity index (χ1n) is 6.12. The molecule has 0 aromatic rings. The number of hydrogen-bond acceptors (Lipinski definition) is 4. The van der Waals surface area contributed by atoms with Crippen LogP contribution in [0.4, 0.5) is 4.79 Å². The fourth-order valence-electron chi connectivity index (χ4n) is 1.13. The number of nitrogens with one attached hydrogen (secondary N) is 1. The van der Waals surface area contributed by atoms with Crippen LogP contribution in [-0.4, -0.2) is 37.5 Å². The predicted octanol–water partition coefficient (Wildman–Crippen LogP) is 1.66. The van der Waals surface area contributed by atoms with Crippen LogP contribution in [0.5, 0.6) is 0 Å². The Morgan fingerprint density at radius 2 is 2.00 bits per heavy atom. The van der Waals surface area contributed by atoms with Crippen molar-refractivity contribution in [3.8, 4) is 0 Å². The fraction of sp³-hybridized carbons (Fsp3) is 0.917. The highest BCUT2D eigenvalue weighted by Gasteiger charge is 2.17. The Hall–Kier alpha value is -0.810. The van der Waals surface area contributed by atoms with Gasteiger partial charge in [-0.3, -0.25) is 0 Å². The standard InChI is InChI=1S/C12H26N2O3/c1-10(6-9-16-8-5-7-13)14-11(15)17-12(2,3)4/h10H,5-9,13H2,1-4H3,(H,14,15)/t10-/m1/s1. The van der Waals surface area contributed by atoms with Gasteiger partial charge in [0, 0.05) is 19.3 Å². The molecule has 0 saturated carbocycles. The molecule has 0 aromatic carbocycles. The molecule has 0 heterocycles. The van der Waals surface area contributed by atoms with Gasteiger partial charge in [0.15, 0.2) is 0 Å². The van der Waals surface area contributed by atoms with E-state index in [1.54, 1.807) is 0 Å². The van der Waals surface area contributed by atoms with E-state index < -0.39 is 5.60 Å². The molecule has 0 saturated heterocycles. The van der Waals surface area contributed by atoms with Crippen LogP contribution in [0.15, 0.2) is 0 Å². The lowest BCUT2D eigenvalue weighted by Gasteiger charge is -2.21. The van der Waals surface area contributed by atoms with E-state index in [-0.39, 0.29) is 12.1 Å². The topological polar surface area (TPSA) is 73.6 Å². The number of hydrogen-bond donors (Lipinski definition) is 2. The van der Waals surface area contributed by atoms with E-state index >= 15 is 0 Å². The van der Waals surface area contributed by atoms with Crippen molar-refractivity contribution in [2.45, 2.75) is 52.2 Å². The first kappa shape index (κ1) is 16.2. The SMILES string of the molecule is C[C@H](CCOCCCN)NC(=O)OC(C)(C)C. The first-order valence-corrected chi connectivity index (χ1v) is 6.12. The highest BCUT2D eigenvalue weighted by Crippen LogP contribution is 2.07. The van der Waals surface area contributed by atoms with Gasteiger partial charge < -0.3 is 20.5 Å². The molecule has 0 fully saturated rings. The van der Waals surface area contributed by atoms with Gasteiger partial charge in [0.1, 0.15) is 5.60 Å². The van der Waals surface area contributed by atoms with Gasteiger partial charge in [-0.2, -0.15) is 0 Å². The highest BCUT2D eigenvalue weighted by atomic mass is 16.6. The summed E-state index contributed by atoms with van der Waals surface area (Å²) < 4.78 is 10.5. The number of rotatable bonds is 7. The molecular formula is C12H26N2O3. The van der Waals surface area contributed by atoms with Crippen LogP contribution >= 0.6 is 0 Å². The van der Waals surface area contributed by atoms with Crippen LogP contribution in [0.2, 0.25) is 0 Å². The van der Waals surface area contributed by atoms with Crippen LogP contribution < -0.4 is 11.1 Å². The van der Waals surface area contributed by atoms with E-state index in [2.05, 4.69) is 5.32 Å². The highest BCUT2D eigenvalue weighted by molar-refractivity contribution is 5.67. The van der Waals surface area contributed by atoms with Crippen molar-refractivity contribution in [3.63, 3.8) is 0 Å². The number of ether oxygens (including phenoxy) is 2. The average Bonchev–Trinajstić information content (AvgIpc) is 2.14. The minimum atomic E-state index is -0.457. The normalized spacial score (nSPS) is 13.2. The minimum absolute atomic E-state index is 0.0442. The van der Waals surface area contributed by atoms with E-state index in [0.29, 0.717) is 19.8 Å². The molecule has 0 aliphatic heterocycles. The van der Waals surface area contributed by atoms with E-state index in [9.17, 15) is 4.79 Å². The Kier molecular flexibility index (Phi) is 7.91.